The number of aromatic amines is 1. The minimum absolute atomic E-state index is 0.0216. The molecular formula is C20H23N5O6. The van der Waals surface area contributed by atoms with Crippen LogP contribution in [0.1, 0.15) is 18.4 Å². The number of aromatic nitrogens is 1. The first-order chi connectivity index (χ1) is 14.8. The number of hydrogen-bond donors (Lipinski definition) is 4. The van der Waals surface area contributed by atoms with Gasteiger partial charge < -0.3 is 31.0 Å². The van der Waals surface area contributed by atoms with Gasteiger partial charge in [-0.15, -0.1) is 0 Å². The summed E-state index contributed by atoms with van der Waals surface area (Å²) in [6, 6.07) is 5.99. The average Bonchev–Trinajstić information content (AvgIpc) is 3.13. The van der Waals surface area contributed by atoms with Gasteiger partial charge in [-0.05, 0) is 25.1 Å². The van der Waals surface area contributed by atoms with Crippen LogP contribution in [0.5, 0.6) is 0 Å². The topological polar surface area (TPSA) is 174 Å². The molecule has 2 rings (SSSR count). The third-order valence-corrected chi connectivity index (χ3v) is 4.46. The Hall–Kier alpha value is -3.82. The molecule has 2 atom stereocenters. The van der Waals surface area contributed by atoms with Gasteiger partial charge in [0, 0.05) is 29.9 Å². The second kappa shape index (κ2) is 11.4. The molecule has 11 nitrogen and oxygen atoms in total. The SMILES string of the molecule is CNCC(=O)OC(Cc1c[nH]c2ccccc12)C(=O)NC(CCC(=O)C=[N+]=[N-])C(=O)O. The molecule has 1 aromatic carbocycles. The first-order valence-corrected chi connectivity index (χ1v) is 9.48. The Bertz CT molecular complexity index is 1010. The van der Waals surface area contributed by atoms with Crippen molar-refractivity contribution in [1.29, 1.82) is 0 Å². The molecule has 0 spiro atoms. The number of esters is 1. The van der Waals surface area contributed by atoms with Gasteiger partial charge in [0.15, 0.2) is 6.10 Å². The number of aliphatic carboxylic acids is 1. The number of likely N-dealkylation sites (N-methyl/N-ethyl adjacent to an activating group) is 1. The van der Waals surface area contributed by atoms with E-state index < -0.39 is 35.8 Å². The molecule has 0 saturated heterocycles. The molecule has 0 radical (unpaired) electrons. The highest BCUT2D eigenvalue weighted by Gasteiger charge is 2.29. The fourth-order valence-electron chi connectivity index (χ4n) is 2.97. The molecule has 164 valence electrons. The molecule has 1 aromatic heterocycles. The van der Waals surface area contributed by atoms with Gasteiger partial charge in [-0.3, -0.25) is 14.4 Å². The van der Waals surface area contributed by atoms with E-state index in [1.807, 2.05) is 24.3 Å². The predicted octanol–water partition coefficient (Wildman–Crippen LogP) is 0.0609. The van der Waals surface area contributed by atoms with E-state index >= 15 is 0 Å². The molecule has 1 amide bonds. The molecule has 1 heterocycles. The van der Waals surface area contributed by atoms with Crippen molar-refractivity contribution in [3.05, 3.63) is 41.6 Å². The number of H-pyrrole nitrogens is 1. The van der Waals surface area contributed by atoms with Gasteiger partial charge >= 0.3 is 18.2 Å². The Balaban J connectivity index is 2.17. The average molecular weight is 429 g/mol. The summed E-state index contributed by atoms with van der Waals surface area (Å²) in [4.78, 5) is 53.4. The summed E-state index contributed by atoms with van der Waals surface area (Å²) >= 11 is 0. The first kappa shape index (κ1) is 23.5. The number of carbonyl (C=O) groups is 4. The van der Waals surface area contributed by atoms with E-state index in [1.54, 1.807) is 13.2 Å². The molecule has 0 saturated carbocycles. The number of carbonyl (C=O) groups excluding carboxylic acids is 3. The van der Waals surface area contributed by atoms with Crippen LogP contribution in [0.4, 0.5) is 0 Å². The fraction of sp³-hybridized carbons (Fsp3) is 0.350. The Morgan fingerprint density at radius 1 is 1.29 bits per heavy atom. The Morgan fingerprint density at radius 2 is 2.03 bits per heavy atom. The Kier molecular flexibility index (Phi) is 8.62. The Labute approximate surface area is 177 Å². The monoisotopic (exact) mass is 429 g/mol. The highest BCUT2D eigenvalue weighted by molar-refractivity contribution is 6.25. The maximum absolute atomic E-state index is 12.8. The third-order valence-electron chi connectivity index (χ3n) is 4.46. The van der Waals surface area contributed by atoms with Crippen LogP contribution in [0.2, 0.25) is 0 Å². The molecule has 0 aliphatic rings. The van der Waals surface area contributed by atoms with Gasteiger partial charge in [0.25, 0.3) is 5.91 Å². The van der Waals surface area contributed by atoms with Crippen LogP contribution in [-0.4, -0.2) is 70.5 Å². The van der Waals surface area contributed by atoms with Gasteiger partial charge in [-0.25, -0.2) is 4.79 Å². The van der Waals surface area contributed by atoms with Crippen LogP contribution in [0.3, 0.4) is 0 Å². The molecule has 4 N–H and O–H groups in total. The summed E-state index contributed by atoms with van der Waals surface area (Å²) in [7, 11) is 1.54. The van der Waals surface area contributed by atoms with Crippen LogP contribution in [0, 0.1) is 0 Å². The largest absolute Gasteiger partial charge is 0.480 e. The maximum atomic E-state index is 12.8. The molecule has 2 aromatic rings. The number of hydrogen-bond acceptors (Lipinski definition) is 6. The standard InChI is InChI=1S/C20H23N5O6/c1-22-11-18(27)31-17(8-12-9-23-15-5-3-2-4-14(12)15)19(28)25-16(20(29)30)7-6-13(26)10-24-21/h2-5,9-10,16-17,22-23H,6-8,11H2,1H3,(H,25,28)(H,29,30). The van der Waals surface area contributed by atoms with Crippen LogP contribution < -0.4 is 10.6 Å². The number of rotatable bonds is 12. The van der Waals surface area contributed by atoms with Gasteiger partial charge in [-0.1, -0.05) is 18.2 Å². The highest BCUT2D eigenvalue weighted by Crippen LogP contribution is 2.20. The number of carboxylic acids is 1. The van der Waals surface area contributed by atoms with Crippen LogP contribution >= 0.6 is 0 Å². The van der Waals surface area contributed by atoms with Crippen molar-refractivity contribution in [2.75, 3.05) is 13.6 Å². The Morgan fingerprint density at radius 3 is 2.71 bits per heavy atom. The lowest BCUT2D eigenvalue weighted by Crippen LogP contribution is -2.48. The molecular weight excluding hydrogens is 406 g/mol. The maximum Gasteiger partial charge on any atom is 0.326 e. The number of benzene rings is 1. The number of nitrogens with zero attached hydrogens (tertiary/aromatic N) is 2. The minimum Gasteiger partial charge on any atom is -0.480 e. The lowest BCUT2D eigenvalue weighted by atomic mass is 10.0. The number of fused-ring (bicyclic) bond motifs is 1. The molecule has 11 heteroatoms. The zero-order valence-corrected chi connectivity index (χ0v) is 16.8. The van der Waals surface area contributed by atoms with Crippen molar-refractivity contribution in [2.24, 2.45) is 0 Å². The molecule has 0 aliphatic heterocycles. The van der Waals surface area contributed by atoms with Gasteiger partial charge in [0.05, 0.1) is 6.54 Å². The van der Waals surface area contributed by atoms with Gasteiger partial charge in [0.1, 0.15) is 6.04 Å². The lowest BCUT2D eigenvalue weighted by molar-refractivity contribution is -0.156. The number of Topliss-reactive ketones (excluding diaryl/α,β-unsaturated/α-hetero) is 1. The third kappa shape index (κ3) is 6.88. The second-order valence-corrected chi connectivity index (χ2v) is 6.72. The normalized spacial score (nSPS) is 12.4. The number of nitrogens with one attached hydrogen (secondary N) is 3. The quantitative estimate of drug-likeness (QED) is 0.160. The van der Waals surface area contributed by atoms with Crippen molar-refractivity contribution in [2.45, 2.75) is 31.4 Å². The summed E-state index contributed by atoms with van der Waals surface area (Å²) in [5.74, 6) is -3.43. The van der Waals surface area contributed by atoms with Gasteiger partial charge in [0.2, 0.25) is 5.78 Å². The molecule has 31 heavy (non-hydrogen) atoms. The number of ketones is 1. The fourth-order valence-corrected chi connectivity index (χ4v) is 2.97. The van der Waals surface area contributed by atoms with Crippen LogP contribution in [0.25, 0.3) is 16.4 Å². The summed E-state index contributed by atoms with van der Waals surface area (Å²) < 4.78 is 5.28. The molecule has 0 fully saturated rings. The lowest BCUT2D eigenvalue weighted by Gasteiger charge is -2.20. The zero-order valence-electron chi connectivity index (χ0n) is 16.8. The highest BCUT2D eigenvalue weighted by atomic mass is 16.5. The number of para-hydroxylation sites is 1. The van der Waals surface area contributed by atoms with E-state index in [0.717, 1.165) is 10.9 Å². The smallest absolute Gasteiger partial charge is 0.326 e. The zero-order chi connectivity index (χ0) is 22.8. The number of amides is 1. The van der Waals surface area contributed by atoms with Crippen LogP contribution in [-0.2, 0) is 30.3 Å². The van der Waals surface area contributed by atoms with Crippen molar-refractivity contribution in [1.82, 2.24) is 15.6 Å². The molecule has 0 aliphatic carbocycles. The summed E-state index contributed by atoms with van der Waals surface area (Å²) in [6.45, 7) is -0.130. The summed E-state index contributed by atoms with van der Waals surface area (Å²) in [5.41, 5.74) is 9.92. The van der Waals surface area contributed by atoms with Crippen molar-refractivity contribution < 1.29 is 33.8 Å². The minimum atomic E-state index is -1.39. The van der Waals surface area contributed by atoms with Gasteiger partial charge in [-0.2, -0.15) is 4.79 Å². The molecule has 0 bridgehead atoms. The predicted molar refractivity (Wildman–Crippen MR) is 109 cm³/mol. The van der Waals surface area contributed by atoms with Crippen molar-refractivity contribution in [3.63, 3.8) is 0 Å². The van der Waals surface area contributed by atoms with E-state index in [4.69, 9.17) is 10.3 Å². The number of carboxylic acid groups (broad SMARTS) is 1. The first-order valence-electron chi connectivity index (χ1n) is 9.48. The van der Waals surface area contributed by atoms with Crippen LogP contribution in [0.15, 0.2) is 30.5 Å². The second-order valence-electron chi connectivity index (χ2n) is 6.72. The van der Waals surface area contributed by atoms with E-state index in [-0.39, 0.29) is 25.8 Å². The summed E-state index contributed by atoms with van der Waals surface area (Å²) in [6.07, 6.45) is 0.604. The summed E-state index contributed by atoms with van der Waals surface area (Å²) in [5, 5.41) is 15.2. The van der Waals surface area contributed by atoms with E-state index in [0.29, 0.717) is 11.8 Å². The number of ether oxygens (including phenoxy) is 1. The molecule has 2 unspecified atom stereocenters. The van der Waals surface area contributed by atoms with Crippen molar-refractivity contribution in [3.8, 4) is 0 Å². The van der Waals surface area contributed by atoms with Crippen molar-refractivity contribution >= 4 is 40.7 Å². The van der Waals surface area contributed by atoms with E-state index in [9.17, 15) is 24.3 Å². The van der Waals surface area contributed by atoms with E-state index in [1.165, 1.54) is 0 Å². The van der Waals surface area contributed by atoms with E-state index in [2.05, 4.69) is 20.4 Å².